The number of hydrogen-bond donors (Lipinski definition) is 2. The zero-order chi connectivity index (χ0) is 17.5. The second-order valence-corrected chi connectivity index (χ2v) is 7.54. The zero-order valence-corrected chi connectivity index (χ0v) is 14.9. The summed E-state index contributed by atoms with van der Waals surface area (Å²) in [4.78, 5) is 25.7. The van der Waals surface area contributed by atoms with Crippen LogP contribution in [0.25, 0.3) is 0 Å². The van der Waals surface area contributed by atoms with Crippen molar-refractivity contribution in [3.05, 3.63) is 0 Å². The van der Waals surface area contributed by atoms with Crippen LogP contribution in [0, 0.1) is 11.8 Å². The normalized spacial score (nSPS) is 17.7. The molecule has 0 aromatic rings. The molecule has 23 heavy (non-hydrogen) atoms. The van der Waals surface area contributed by atoms with E-state index < -0.39 is 5.60 Å². The fraction of sp³-hybridized carbons (Fsp3) is 0.882. The number of aliphatic hydroxyl groups excluding tert-OH is 1. The van der Waals surface area contributed by atoms with E-state index in [-0.39, 0.29) is 24.5 Å². The standard InChI is InChI=1S/C17H32N2O4/c1-13(7-10-20)12-18-15(21)11-14-5-8-19(9-6-14)16(22)23-17(2,3)4/h13-14,20H,5-12H2,1-4H3,(H,18,21)/t13-/m1/s1. The van der Waals surface area contributed by atoms with Crippen LogP contribution < -0.4 is 5.32 Å². The molecule has 0 saturated carbocycles. The molecule has 2 amide bonds. The lowest BCUT2D eigenvalue weighted by Crippen LogP contribution is -2.42. The van der Waals surface area contributed by atoms with Gasteiger partial charge in [-0.05, 0) is 51.9 Å². The van der Waals surface area contributed by atoms with Crippen molar-refractivity contribution in [3.8, 4) is 0 Å². The molecular weight excluding hydrogens is 296 g/mol. The third kappa shape index (κ3) is 8.21. The van der Waals surface area contributed by atoms with Crippen LogP contribution in [0.2, 0.25) is 0 Å². The third-order valence-electron chi connectivity index (χ3n) is 4.01. The number of hydrogen-bond acceptors (Lipinski definition) is 4. The van der Waals surface area contributed by atoms with E-state index in [4.69, 9.17) is 9.84 Å². The average Bonchev–Trinajstić information content (AvgIpc) is 2.44. The molecule has 1 saturated heterocycles. The summed E-state index contributed by atoms with van der Waals surface area (Å²) in [6, 6.07) is 0. The SMILES string of the molecule is C[C@H](CCO)CNC(=O)CC1CCN(C(=O)OC(C)(C)C)CC1. The van der Waals surface area contributed by atoms with Crippen LogP contribution in [0.4, 0.5) is 4.79 Å². The molecule has 1 rings (SSSR count). The molecule has 6 nitrogen and oxygen atoms in total. The Morgan fingerprint density at radius 1 is 1.30 bits per heavy atom. The van der Waals surface area contributed by atoms with Crippen LogP contribution in [0.15, 0.2) is 0 Å². The summed E-state index contributed by atoms with van der Waals surface area (Å²) in [5.41, 5.74) is -0.473. The first-order valence-corrected chi connectivity index (χ1v) is 8.56. The highest BCUT2D eigenvalue weighted by molar-refractivity contribution is 5.76. The average molecular weight is 328 g/mol. The van der Waals surface area contributed by atoms with E-state index in [1.165, 1.54) is 0 Å². The molecule has 0 radical (unpaired) electrons. The van der Waals surface area contributed by atoms with Crippen molar-refractivity contribution in [2.75, 3.05) is 26.2 Å². The number of carbonyl (C=O) groups is 2. The number of aliphatic hydroxyl groups is 1. The molecule has 1 atom stereocenters. The van der Waals surface area contributed by atoms with E-state index in [2.05, 4.69) is 5.32 Å². The summed E-state index contributed by atoms with van der Waals surface area (Å²) < 4.78 is 5.37. The van der Waals surface area contributed by atoms with Crippen molar-refractivity contribution in [1.29, 1.82) is 0 Å². The Morgan fingerprint density at radius 2 is 1.91 bits per heavy atom. The molecule has 1 aliphatic rings. The van der Waals surface area contributed by atoms with E-state index in [0.29, 0.717) is 38.4 Å². The summed E-state index contributed by atoms with van der Waals surface area (Å²) in [5, 5.41) is 11.8. The van der Waals surface area contributed by atoms with Crippen molar-refractivity contribution >= 4 is 12.0 Å². The number of amides is 2. The van der Waals surface area contributed by atoms with Gasteiger partial charge in [0.2, 0.25) is 5.91 Å². The fourth-order valence-corrected chi connectivity index (χ4v) is 2.59. The van der Waals surface area contributed by atoms with Crippen LogP contribution in [-0.2, 0) is 9.53 Å². The summed E-state index contributed by atoms with van der Waals surface area (Å²) in [7, 11) is 0. The van der Waals surface area contributed by atoms with E-state index in [1.54, 1.807) is 4.90 Å². The van der Waals surface area contributed by atoms with E-state index in [9.17, 15) is 9.59 Å². The minimum Gasteiger partial charge on any atom is -0.444 e. The molecule has 1 aliphatic heterocycles. The first-order chi connectivity index (χ1) is 10.7. The molecule has 2 N–H and O–H groups in total. The highest BCUT2D eigenvalue weighted by atomic mass is 16.6. The summed E-state index contributed by atoms with van der Waals surface area (Å²) in [6.07, 6.45) is 2.61. The van der Waals surface area contributed by atoms with Gasteiger partial charge in [0, 0.05) is 32.7 Å². The number of nitrogens with zero attached hydrogens (tertiary/aromatic N) is 1. The predicted molar refractivity (Wildman–Crippen MR) is 89.0 cm³/mol. The van der Waals surface area contributed by atoms with E-state index in [0.717, 1.165) is 12.8 Å². The van der Waals surface area contributed by atoms with Crippen LogP contribution >= 0.6 is 0 Å². The Balaban J connectivity index is 2.25. The molecule has 0 aromatic heterocycles. The third-order valence-corrected chi connectivity index (χ3v) is 4.01. The molecule has 6 heteroatoms. The highest BCUT2D eigenvalue weighted by Crippen LogP contribution is 2.22. The summed E-state index contributed by atoms with van der Waals surface area (Å²) in [5.74, 6) is 0.672. The monoisotopic (exact) mass is 328 g/mol. The quantitative estimate of drug-likeness (QED) is 0.783. The number of likely N-dealkylation sites (tertiary alicyclic amines) is 1. The molecule has 0 unspecified atom stereocenters. The van der Waals surface area contributed by atoms with Gasteiger partial charge in [-0.25, -0.2) is 4.79 Å². The summed E-state index contributed by atoms with van der Waals surface area (Å²) >= 11 is 0. The van der Waals surface area contributed by atoms with Gasteiger partial charge in [-0.1, -0.05) is 6.92 Å². The highest BCUT2D eigenvalue weighted by Gasteiger charge is 2.27. The van der Waals surface area contributed by atoms with Gasteiger partial charge >= 0.3 is 6.09 Å². The lowest BCUT2D eigenvalue weighted by molar-refractivity contribution is -0.122. The minimum atomic E-state index is -0.473. The Hall–Kier alpha value is -1.30. The Bertz CT molecular complexity index is 385. The number of carbonyl (C=O) groups excluding carboxylic acids is 2. The second-order valence-electron chi connectivity index (χ2n) is 7.54. The molecule has 0 spiro atoms. The second kappa shape index (κ2) is 9.11. The molecule has 1 heterocycles. The largest absolute Gasteiger partial charge is 0.444 e. The molecule has 0 aliphatic carbocycles. The number of piperidine rings is 1. The lowest BCUT2D eigenvalue weighted by Gasteiger charge is -2.33. The van der Waals surface area contributed by atoms with Gasteiger partial charge in [-0.15, -0.1) is 0 Å². The molecule has 1 fully saturated rings. The van der Waals surface area contributed by atoms with Gasteiger partial charge in [0.15, 0.2) is 0 Å². The summed E-state index contributed by atoms with van der Waals surface area (Å²) in [6.45, 7) is 9.65. The van der Waals surface area contributed by atoms with Gasteiger partial charge in [-0.2, -0.15) is 0 Å². The van der Waals surface area contributed by atoms with E-state index >= 15 is 0 Å². The van der Waals surface area contributed by atoms with Crippen molar-refractivity contribution in [3.63, 3.8) is 0 Å². The molecule has 0 bridgehead atoms. The van der Waals surface area contributed by atoms with Crippen LogP contribution in [0.5, 0.6) is 0 Å². The van der Waals surface area contributed by atoms with Gasteiger partial charge in [0.1, 0.15) is 5.60 Å². The van der Waals surface area contributed by atoms with Crippen LogP contribution in [0.3, 0.4) is 0 Å². The topological polar surface area (TPSA) is 78.9 Å². The van der Waals surface area contributed by atoms with Gasteiger partial charge in [0.05, 0.1) is 0 Å². The van der Waals surface area contributed by atoms with Gasteiger partial charge < -0.3 is 20.1 Å². The zero-order valence-electron chi connectivity index (χ0n) is 14.9. The van der Waals surface area contributed by atoms with Crippen molar-refractivity contribution in [2.24, 2.45) is 11.8 Å². The Kier molecular flexibility index (Phi) is 7.82. The number of rotatable bonds is 6. The van der Waals surface area contributed by atoms with Crippen LogP contribution in [-0.4, -0.2) is 53.8 Å². The first kappa shape index (κ1) is 19.7. The lowest BCUT2D eigenvalue weighted by atomic mass is 9.93. The number of ether oxygens (including phenoxy) is 1. The Morgan fingerprint density at radius 3 is 2.43 bits per heavy atom. The van der Waals surface area contributed by atoms with Gasteiger partial charge in [0.25, 0.3) is 0 Å². The van der Waals surface area contributed by atoms with Crippen LogP contribution in [0.1, 0.15) is 53.4 Å². The maximum Gasteiger partial charge on any atom is 0.410 e. The predicted octanol–water partition coefficient (Wildman–Crippen LogP) is 2.16. The maximum atomic E-state index is 12.0. The fourth-order valence-electron chi connectivity index (χ4n) is 2.59. The van der Waals surface area contributed by atoms with Crippen molar-refractivity contribution < 1.29 is 19.4 Å². The smallest absolute Gasteiger partial charge is 0.410 e. The molecular formula is C17H32N2O4. The van der Waals surface area contributed by atoms with E-state index in [1.807, 2.05) is 27.7 Å². The maximum absolute atomic E-state index is 12.0. The minimum absolute atomic E-state index is 0.0607. The van der Waals surface area contributed by atoms with Crippen molar-refractivity contribution in [1.82, 2.24) is 10.2 Å². The van der Waals surface area contributed by atoms with Crippen molar-refractivity contribution in [2.45, 2.75) is 59.0 Å². The van der Waals surface area contributed by atoms with Gasteiger partial charge in [-0.3, -0.25) is 4.79 Å². The number of nitrogens with one attached hydrogen (secondary N) is 1. The molecule has 134 valence electrons. The molecule has 0 aromatic carbocycles. The Labute approximate surface area is 139 Å². The first-order valence-electron chi connectivity index (χ1n) is 8.56.